The van der Waals surface area contributed by atoms with Gasteiger partial charge in [0.1, 0.15) is 0 Å². The molecule has 0 amide bonds. The Morgan fingerprint density at radius 2 is 2.41 bits per heavy atom. The van der Waals surface area contributed by atoms with E-state index < -0.39 is 0 Å². The summed E-state index contributed by atoms with van der Waals surface area (Å²) in [6.07, 6.45) is 5.53. The minimum atomic E-state index is -0.375. The van der Waals surface area contributed by atoms with Crippen molar-refractivity contribution >= 4 is 5.69 Å². The monoisotopic (exact) mass is 238 g/mol. The fourth-order valence-electron chi connectivity index (χ4n) is 2.50. The summed E-state index contributed by atoms with van der Waals surface area (Å²) in [4.78, 5) is 2.34. The van der Waals surface area contributed by atoms with Crippen molar-refractivity contribution in [2.45, 2.75) is 32.4 Å². The lowest BCUT2D eigenvalue weighted by atomic mass is 10.00. The van der Waals surface area contributed by atoms with E-state index in [2.05, 4.69) is 16.9 Å². The topological polar surface area (TPSA) is 67.3 Å². The Bertz CT molecular complexity index is 352. The number of piperidine rings is 1. The minimum absolute atomic E-state index is 0.375. The molecule has 1 aromatic heterocycles. The van der Waals surface area contributed by atoms with Gasteiger partial charge in [-0.25, -0.2) is 0 Å². The predicted octanol–water partition coefficient (Wildman–Crippen LogP) is 0.558. The quantitative estimate of drug-likeness (QED) is 0.804. The van der Waals surface area contributed by atoms with Crippen LogP contribution in [-0.4, -0.2) is 45.5 Å². The molecule has 5 heteroatoms. The molecule has 1 aromatic rings. The van der Waals surface area contributed by atoms with Crippen LogP contribution in [0, 0.1) is 5.92 Å². The third-order valence-electron chi connectivity index (χ3n) is 3.26. The van der Waals surface area contributed by atoms with Gasteiger partial charge in [-0.15, -0.1) is 0 Å². The van der Waals surface area contributed by atoms with Crippen molar-refractivity contribution in [2.24, 2.45) is 5.92 Å². The molecule has 3 N–H and O–H groups in total. The van der Waals surface area contributed by atoms with E-state index in [-0.39, 0.29) is 6.10 Å². The number of aromatic nitrogens is 2. The van der Waals surface area contributed by atoms with Gasteiger partial charge in [0.05, 0.1) is 24.5 Å². The number of nitrogens with zero attached hydrogens (tertiary/aromatic N) is 3. The van der Waals surface area contributed by atoms with Gasteiger partial charge in [0, 0.05) is 19.3 Å². The minimum Gasteiger partial charge on any atom is -0.396 e. The summed E-state index contributed by atoms with van der Waals surface area (Å²) in [7, 11) is 0. The molecule has 0 aliphatic carbocycles. The van der Waals surface area contributed by atoms with Gasteiger partial charge >= 0.3 is 0 Å². The summed E-state index contributed by atoms with van der Waals surface area (Å²) in [5.41, 5.74) is 6.22. The molecule has 2 unspecified atom stereocenters. The number of nitrogen functional groups attached to an aromatic ring is 1. The van der Waals surface area contributed by atoms with E-state index in [0.29, 0.717) is 12.2 Å². The Kier molecular flexibility index (Phi) is 4.02. The van der Waals surface area contributed by atoms with E-state index >= 15 is 0 Å². The zero-order chi connectivity index (χ0) is 12.3. The fraction of sp³-hybridized carbons (Fsp3) is 0.750. The van der Waals surface area contributed by atoms with Crippen molar-refractivity contribution in [3.05, 3.63) is 12.4 Å². The van der Waals surface area contributed by atoms with Crippen LogP contribution in [-0.2, 0) is 6.54 Å². The first-order chi connectivity index (χ1) is 8.13. The van der Waals surface area contributed by atoms with Crippen LogP contribution in [0.2, 0.25) is 0 Å². The van der Waals surface area contributed by atoms with E-state index in [1.165, 1.54) is 12.8 Å². The van der Waals surface area contributed by atoms with Crippen LogP contribution in [0.3, 0.4) is 0 Å². The van der Waals surface area contributed by atoms with Gasteiger partial charge < -0.3 is 15.7 Å². The van der Waals surface area contributed by atoms with Gasteiger partial charge in [-0.1, -0.05) is 6.92 Å². The molecule has 1 saturated heterocycles. The molecule has 1 fully saturated rings. The van der Waals surface area contributed by atoms with Crippen LogP contribution in [0.1, 0.15) is 19.8 Å². The van der Waals surface area contributed by atoms with Gasteiger partial charge in [0.15, 0.2) is 0 Å². The average Bonchev–Trinajstić information content (AvgIpc) is 2.63. The van der Waals surface area contributed by atoms with E-state index in [9.17, 15) is 5.11 Å². The van der Waals surface area contributed by atoms with Crippen molar-refractivity contribution in [3.63, 3.8) is 0 Å². The summed E-state index contributed by atoms with van der Waals surface area (Å²) in [5.74, 6) is 0.747. The average molecular weight is 238 g/mol. The number of hydrogen-bond donors (Lipinski definition) is 2. The molecule has 5 nitrogen and oxygen atoms in total. The van der Waals surface area contributed by atoms with Crippen LogP contribution in [0.5, 0.6) is 0 Å². The lowest BCUT2D eigenvalue weighted by Gasteiger charge is -2.32. The van der Waals surface area contributed by atoms with E-state index in [4.69, 9.17) is 5.73 Å². The van der Waals surface area contributed by atoms with Crippen molar-refractivity contribution in [2.75, 3.05) is 25.4 Å². The molecule has 0 radical (unpaired) electrons. The molecule has 0 aromatic carbocycles. The maximum atomic E-state index is 10.0. The molecule has 1 aliphatic heterocycles. The zero-order valence-electron chi connectivity index (χ0n) is 10.4. The molecule has 0 bridgehead atoms. The number of aliphatic hydroxyl groups excluding tert-OH is 1. The molecule has 96 valence electrons. The number of hydrogen-bond acceptors (Lipinski definition) is 4. The summed E-state index contributed by atoms with van der Waals surface area (Å²) >= 11 is 0. The molecular formula is C12H22N4O. The second kappa shape index (κ2) is 5.51. The molecule has 1 aliphatic rings. The lowest BCUT2D eigenvalue weighted by Crippen LogP contribution is -2.40. The highest BCUT2D eigenvalue weighted by atomic mass is 16.3. The third kappa shape index (κ3) is 3.71. The number of rotatable bonds is 4. The second-order valence-electron chi connectivity index (χ2n) is 5.16. The Morgan fingerprint density at radius 3 is 3.06 bits per heavy atom. The molecule has 0 spiro atoms. The Balaban J connectivity index is 1.78. The maximum absolute atomic E-state index is 10.0. The summed E-state index contributed by atoms with van der Waals surface area (Å²) in [6, 6.07) is 0. The normalized spacial score (nSPS) is 23.8. The molecule has 2 heterocycles. The molecule has 2 rings (SSSR count). The maximum Gasteiger partial charge on any atom is 0.0862 e. The van der Waals surface area contributed by atoms with Crippen molar-refractivity contribution in [3.8, 4) is 0 Å². The zero-order valence-corrected chi connectivity index (χ0v) is 10.4. The van der Waals surface area contributed by atoms with Gasteiger partial charge in [0.25, 0.3) is 0 Å². The van der Waals surface area contributed by atoms with Crippen LogP contribution in [0.25, 0.3) is 0 Å². The highest BCUT2D eigenvalue weighted by Gasteiger charge is 2.19. The number of aliphatic hydroxyl groups is 1. The summed E-state index contributed by atoms with van der Waals surface area (Å²) in [6.45, 7) is 5.71. The first-order valence-electron chi connectivity index (χ1n) is 6.32. The van der Waals surface area contributed by atoms with Crippen LogP contribution in [0.4, 0.5) is 5.69 Å². The SMILES string of the molecule is CC1CCCN(CC(O)Cn2cc(N)cn2)C1. The Morgan fingerprint density at radius 1 is 1.59 bits per heavy atom. The highest BCUT2D eigenvalue weighted by Crippen LogP contribution is 2.15. The van der Waals surface area contributed by atoms with Gasteiger partial charge in [-0.05, 0) is 25.3 Å². The first-order valence-corrected chi connectivity index (χ1v) is 6.32. The first kappa shape index (κ1) is 12.4. The Labute approximate surface area is 102 Å². The van der Waals surface area contributed by atoms with E-state index in [1.807, 2.05) is 0 Å². The lowest BCUT2D eigenvalue weighted by molar-refractivity contribution is 0.0743. The second-order valence-corrected chi connectivity index (χ2v) is 5.16. The van der Waals surface area contributed by atoms with Gasteiger partial charge in [0.2, 0.25) is 0 Å². The predicted molar refractivity (Wildman–Crippen MR) is 67.5 cm³/mol. The van der Waals surface area contributed by atoms with Gasteiger partial charge in [-0.3, -0.25) is 4.68 Å². The van der Waals surface area contributed by atoms with Crippen molar-refractivity contribution < 1.29 is 5.11 Å². The van der Waals surface area contributed by atoms with E-state index in [1.54, 1.807) is 17.1 Å². The standard InChI is InChI=1S/C12H22N4O/c1-10-3-2-4-15(6-10)8-12(17)9-16-7-11(13)5-14-16/h5,7,10,12,17H,2-4,6,8-9,13H2,1H3. The van der Waals surface area contributed by atoms with E-state index in [0.717, 1.165) is 25.6 Å². The van der Waals surface area contributed by atoms with Gasteiger partial charge in [-0.2, -0.15) is 5.10 Å². The highest BCUT2D eigenvalue weighted by molar-refractivity contribution is 5.30. The smallest absolute Gasteiger partial charge is 0.0862 e. The third-order valence-corrected chi connectivity index (χ3v) is 3.26. The number of likely N-dealkylation sites (tertiary alicyclic amines) is 1. The number of nitrogens with two attached hydrogens (primary N) is 1. The van der Waals surface area contributed by atoms with Crippen molar-refractivity contribution in [1.82, 2.24) is 14.7 Å². The van der Waals surface area contributed by atoms with Crippen molar-refractivity contribution in [1.29, 1.82) is 0 Å². The number of β-amino-alcohol motifs (C(OH)–C–C–N with tert-alkyl or cyclic N) is 1. The Hall–Kier alpha value is -1.07. The molecule has 0 saturated carbocycles. The summed E-state index contributed by atoms with van der Waals surface area (Å²) in [5, 5.41) is 14.1. The molecule has 2 atom stereocenters. The largest absolute Gasteiger partial charge is 0.396 e. The summed E-state index contributed by atoms with van der Waals surface area (Å²) < 4.78 is 1.70. The molecule has 17 heavy (non-hydrogen) atoms. The van der Waals surface area contributed by atoms with Crippen LogP contribution < -0.4 is 5.73 Å². The number of anilines is 1. The molecular weight excluding hydrogens is 216 g/mol. The van der Waals surface area contributed by atoms with Crippen LogP contribution in [0.15, 0.2) is 12.4 Å². The fourth-order valence-corrected chi connectivity index (χ4v) is 2.50. The van der Waals surface area contributed by atoms with Crippen LogP contribution >= 0.6 is 0 Å².